The molecule has 1 saturated carbocycles. The summed E-state index contributed by atoms with van der Waals surface area (Å²) < 4.78 is 1.07. The number of nitrogen functional groups attached to an aromatic ring is 1. The zero-order chi connectivity index (χ0) is 13.8. The van der Waals surface area contributed by atoms with Crippen molar-refractivity contribution in [3.8, 4) is 0 Å². The molecule has 0 aliphatic heterocycles. The van der Waals surface area contributed by atoms with Gasteiger partial charge < -0.3 is 5.73 Å². The SMILES string of the molecule is CCC(C)SCc1nc(N)c(I)c(C2CCCC2)n1. The normalized spacial score (nSPS) is 17.8. The molecular formula is C14H22IN3S. The molecule has 19 heavy (non-hydrogen) atoms. The Hall–Kier alpha value is -0.0400. The zero-order valence-electron chi connectivity index (χ0n) is 11.7. The van der Waals surface area contributed by atoms with E-state index in [1.807, 2.05) is 11.8 Å². The highest BCUT2D eigenvalue weighted by Gasteiger charge is 2.23. The highest BCUT2D eigenvalue weighted by molar-refractivity contribution is 14.1. The monoisotopic (exact) mass is 391 g/mol. The standard InChI is InChI=1S/C14H22IN3S/c1-3-9(2)19-8-11-17-13(10-6-4-5-7-10)12(15)14(16)18-11/h9-10H,3-8H2,1-2H3,(H2,16,17,18). The minimum Gasteiger partial charge on any atom is -0.383 e. The van der Waals surface area contributed by atoms with E-state index in [4.69, 9.17) is 10.7 Å². The van der Waals surface area contributed by atoms with Gasteiger partial charge in [0.1, 0.15) is 11.6 Å². The lowest BCUT2D eigenvalue weighted by Crippen LogP contribution is -2.10. The summed E-state index contributed by atoms with van der Waals surface area (Å²) in [7, 11) is 0. The lowest BCUT2D eigenvalue weighted by molar-refractivity contribution is 0.684. The van der Waals surface area contributed by atoms with E-state index in [0.29, 0.717) is 17.0 Å². The van der Waals surface area contributed by atoms with Gasteiger partial charge in [-0.1, -0.05) is 26.7 Å². The molecule has 1 aliphatic rings. The Morgan fingerprint density at radius 2 is 2.05 bits per heavy atom. The molecule has 1 atom stereocenters. The molecule has 0 bridgehead atoms. The molecule has 3 nitrogen and oxygen atoms in total. The highest BCUT2D eigenvalue weighted by Crippen LogP contribution is 2.36. The number of rotatable bonds is 5. The van der Waals surface area contributed by atoms with Gasteiger partial charge in [-0.3, -0.25) is 0 Å². The molecule has 0 amide bonds. The minimum absolute atomic E-state index is 0.601. The number of anilines is 1. The van der Waals surface area contributed by atoms with E-state index in [1.165, 1.54) is 37.8 Å². The van der Waals surface area contributed by atoms with Crippen LogP contribution in [-0.4, -0.2) is 15.2 Å². The van der Waals surface area contributed by atoms with Gasteiger partial charge in [0.15, 0.2) is 0 Å². The molecule has 1 heterocycles. The van der Waals surface area contributed by atoms with Crippen molar-refractivity contribution in [2.24, 2.45) is 0 Å². The third-order valence-corrected chi connectivity index (χ3v) is 6.19. The largest absolute Gasteiger partial charge is 0.383 e. The van der Waals surface area contributed by atoms with Gasteiger partial charge >= 0.3 is 0 Å². The molecule has 1 aromatic heterocycles. The van der Waals surface area contributed by atoms with E-state index in [1.54, 1.807) is 0 Å². The van der Waals surface area contributed by atoms with Gasteiger partial charge in [-0.05, 0) is 41.9 Å². The molecule has 106 valence electrons. The second kappa shape index (κ2) is 7.11. The maximum absolute atomic E-state index is 6.06. The Balaban J connectivity index is 2.16. The van der Waals surface area contributed by atoms with E-state index < -0.39 is 0 Å². The first kappa shape index (κ1) is 15.4. The summed E-state index contributed by atoms with van der Waals surface area (Å²) in [6.45, 7) is 4.46. The van der Waals surface area contributed by atoms with Gasteiger partial charge in [-0.25, -0.2) is 9.97 Å². The van der Waals surface area contributed by atoms with E-state index in [0.717, 1.165) is 15.1 Å². The molecule has 2 N–H and O–H groups in total. The first-order valence-corrected chi connectivity index (χ1v) is 9.18. The summed E-state index contributed by atoms with van der Waals surface area (Å²) >= 11 is 4.22. The van der Waals surface area contributed by atoms with Crippen LogP contribution in [0.15, 0.2) is 0 Å². The first-order chi connectivity index (χ1) is 9.11. The van der Waals surface area contributed by atoms with Crippen molar-refractivity contribution in [2.75, 3.05) is 5.73 Å². The van der Waals surface area contributed by atoms with Crippen molar-refractivity contribution in [2.45, 2.75) is 62.9 Å². The third-order valence-electron chi connectivity index (χ3n) is 3.76. The van der Waals surface area contributed by atoms with Crippen molar-refractivity contribution in [1.29, 1.82) is 0 Å². The summed E-state index contributed by atoms with van der Waals surface area (Å²) in [5.74, 6) is 3.04. The molecular weight excluding hydrogens is 369 g/mol. The Kier molecular flexibility index (Phi) is 5.74. The molecule has 1 fully saturated rings. The lowest BCUT2D eigenvalue weighted by atomic mass is 10.0. The molecule has 1 aliphatic carbocycles. The molecule has 1 unspecified atom stereocenters. The number of thioether (sulfide) groups is 1. The number of halogens is 1. The fourth-order valence-electron chi connectivity index (χ4n) is 2.40. The van der Waals surface area contributed by atoms with E-state index in [-0.39, 0.29) is 0 Å². The summed E-state index contributed by atoms with van der Waals surface area (Å²) in [6.07, 6.45) is 6.33. The Morgan fingerprint density at radius 1 is 1.37 bits per heavy atom. The molecule has 1 aromatic rings. The average Bonchev–Trinajstić information content (AvgIpc) is 2.93. The number of aromatic nitrogens is 2. The lowest BCUT2D eigenvalue weighted by Gasteiger charge is -2.14. The van der Waals surface area contributed by atoms with Gasteiger partial charge in [-0.2, -0.15) is 11.8 Å². The number of hydrogen-bond donors (Lipinski definition) is 1. The van der Waals surface area contributed by atoms with E-state index in [9.17, 15) is 0 Å². The van der Waals surface area contributed by atoms with Crippen molar-refractivity contribution in [1.82, 2.24) is 9.97 Å². The van der Waals surface area contributed by atoms with Crippen LogP contribution in [0.25, 0.3) is 0 Å². The van der Waals surface area contributed by atoms with Gasteiger partial charge in [0.05, 0.1) is 15.0 Å². The molecule has 0 saturated heterocycles. The van der Waals surface area contributed by atoms with Crippen molar-refractivity contribution in [3.05, 3.63) is 15.1 Å². The first-order valence-electron chi connectivity index (χ1n) is 7.05. The summed E-state index contributed by atoms with van der Waals surface area (Å²) in [5, 5.41) is 0.652. The quantitative estimate of drug-likeness (QED) is 0.759. The summed E-state index contributed by atoms with van der Waals surface area (Å²) in [5.41, 5.74) is 7.26. The number of nitrogens with zero attached hydrogens (tertiary/aromatic N) is 2. The van der Waals surface area contributed by atoms with E-state index >= 15 is 0 Å². The number of nitrogens with two attached hydrogens (primary N) is 1. The molecule has 2 rings (SSSR count). The predicted octanol–water partition coefficient (Wildman–Crippen LogP) is 4.35. The Bertz CT molecular complexity index is 433. The van der Waals surface area contributed by atoms with Crippen LogP contribution in [-0.2, 0) is 5.75 Å². The van der Waals surface area contributed by atoms with Crippen LogP contribution in [0.1, 0.15) is 63.4 Å². The van der Waals surface area contributed by atoms with Crippen LogP contribution in [0.3, 0.4) is 0 Å². The third kappa shape index (κ3) is 3.97. The van der Waals surface area contributed by atoms with Crippen LogP contribution in [0.4, 0.5) is 5.82 Å². The maximum atomic E-state index is 6.06. The van der Waals surface area contributed by atoms with E-state index in [2.05, 4.69) is 41.4 Å². The van der Waals surface area contributed by atoms with Gasteiger partial charge in [0.25, 0.3) is 0 Å². The molecule has 5 heteroatoms. The summed E-state index contributed by atoms with van der Waals surface area (Å²) in [4.78, 5) is 9.25. The van der Waals surface area contributed by atoms with Crippen molar-refractivity contribution >= 4 is 40.2 Å². The Morgan fingerprint density at radius 3 is 2.68 bits per heavy atom. The average molecular weight is 391 g/mol. The molecule has 0 radical (unpaired) electrons. The fraction of sp³-hybridized carbons (Fsp3) is 0.714. The van der Waals surface area contributed by atoms with Crippen molar-refractivity contribution < 1.29 is 0 Å². The van der Waals surface area contributed by atoms with Crippen LogP contribution in [0, 0.1) is 3.57 Å². The topological polar surface area (TPSA) is 51.8 Å². The minimum atomic E-state index is 0.601. The summed E-state index contributed by atoms with van der Waals surface area (Å²) in [6, 6.07) is 0. The van der Waals surface area contributed by atoms with Gasteiger partial charge in [-0.15, -0.1) is 0 Å². The molecule has 0 aromatic carbocycles. The fourth-order valence-corrected chi connectivity index (χ4v) is 3.88. The second-order valence-corrected chi connectivity index (χ2v) is 7.74. The van der Waals surface area contributed by atoms with Gasteiger partial charge in [0.2, 0.25) is 0 Å². The maximum Gasteiger partial charge on any atom is 0.140 e. The van der Waals surface area contributed by atoms with Gasteiger partial charge in [0, 0.05) is 11.2 Å². The van der Waals surface area contributed by atoms with Crippen LogP contribution >= 0.6 is 34.4 Å². The van der Waals surface area contributed by atoms with Crippen LogP contribution < -0.4 is 5.73 Å². The Labute approximate surface area is 133 Å². The number of hydrogen-bond acceptors (Lipinski definition) is 4. The van der Waals surface area contributed by atoms with Crippen LogP contribution in [0.2, 0.25) is 0 Å². The highest BCUT2D eigenvalue weighted by atomic mass is 127. The smallest absolute Gasteiger partial charge is 0.140 e. The zero-order valence-corrected chi connectivity index (χ0v) is 14.6. The second-order valence-electron chi connectivity index (χ2n) is 5.24. The molecule has 0 spiro atoms. The van der Waals surface area contributed by atoms with Crippen molar-refractivity contribution in [3.63, 3.8) is 0 Å². The predicted molar refractivity (Wildman–Crippen MR) is 91.4 cm³/mol. The van der Waals surface area contributed by atoms with Crippen LogP contribution in [0.5, 0.6) is 0 Å².